The summed E-state index contributed by atoms with van der Waals surface area (Å²) in [6, 6.07) is 18.0. The number of carbonyl (C=O) groups is 1. The van der Waals surface area contributed by atoms with E-state index in [1.54, 1.807) is 48.5 Å². The van der Waals surface area contributed by atoms with Crippen molar-refractivity contribution in [1.82, 2.24) is 0 Å². The van der Waals surface area contributed by atoms with Gasteiger partial charge >= 0.3 is 0 Å². The largest absolute Gasteiger partial charge is 0.487 e. The molecule has 0 heterocycles. The maximum Gasteiger partial charge on any atom is 0.266 e. The van der Waals surface area contributed by atoms with Gasteiger partial charge in [-0.25, -0.2) is 4.39 Å². The van der Waals surface area contributed by atoms with Gasteiger partial charge in [-0.05, 0) is 97.6 Å². The molecule has 3 aromatic carbocycles. The zero-order valence-electron chi connectivity index (χ0n) is 15.8. The third-order valence-electron chi connectivity index (χ3n) is 4.10. The quantitative estimate of drug-likeness (QED) is 0.256. The Morgan fingerprint density at radius 2 is 1.71 bits per heavy atom. The Morgan fingerprint density at radius 3 is 2.29 bits per heavy atom. The number of amides is 1. The van der Waals surface area contributed by atoms with Crippen molar-refractivity contribution in [2.45, 2.75) is 6.61 Å². The number of rotatable bonds is 6. The summed E-state index contributed by atoms with van der Waals surface area (Å²) in [5.41, 5.74) is 1.90. The van der Waals surface area contributed by atoms with Gasteiger partial charge in [0.1, 0.15) is 29.8 Å². The van der Waals surface area contributed by atoms with Crippen molar-refractivity contribution in [3.05, 3.63) is 97.1 Å². The highest BCUT2D eigenvalue weighted by Crippen LogP contribution is 2.36. The Morgan fingerprint density at radius 1 is 1.10 bits per heavy atom. The average Bonchev–Trinajstić information content (AvgIpc) is 2.74. The predicted molar refractivity (Wildman–Crippen MR) is 126 cm³/mol. The molecule has 8 heteroatoms. The molecule has 31 heavy (non-hydrogen) atoms. The highest BCUT2D eigenvalue weighted by Gasteiger charge is 2.13. The number of nitriles is 1. The molecule has 0 aliphatic carbocycles. The number of nitrogens with zero attached hydrogens (tertiary/aromatic N) is 1. The summed E-state index contributed by atoms with van der Waals surface area (Å²) in [4.78, 5) is 12.4. The van der Waals surface area contributed by atoms with Crippen LogP contribution in [0.5, 0.6) is 5.75 Å². The van der Waals surface area contributed by atoms with Gasteiger partial charge in [0, 0.05) is 10.7 Å². The summed E-state index contributed by atoms with van der Waals surface area (Å²) in [5.74, 6) is -0.296. The van der Waals surface area contributed by atoms with Gasteiger partial charge < -0.3 is 10.1 Å². The molecule has 0 saturated carbocycles. The zero-order valence-corrected chi connectivity index (χ0v) is 19.8. The van der Waals surface area contributed by atoms with Crippen LogP contribution in [-0.4, -0.2) is 5.91 Å². The van der Waals surface area contributed by atoms with Crippen molar-refractivity contribution >= 4 is 61.1 Å². The van der Waals surface area contributed by atoms with Gasteiger partial charge in [0.25, 0.3) is 5.91 Å². The highest BCUT2D eigenvalue weighted by molar-refractivity contribution is 9.11. The molecule has 0 saturated heterocycles. The lowest BCUT2D eigenvalue weighted by Crippen LogP contribution is -2.13. The SMILES string of the molecule is N#C/C(=C/c1cc(Br)c(OCc2ccc(F)cc2)c(Br)c1)C(=O)Nc1ccc(Cl)cc1. The van der Waals surface area contributed by atoms with Crippen LogP contribution in [0.15, 0.2) is 75.2 Å². The van der Waals surface area contributed by atoms with Crippen molar-refractivity contribution < 1.29 is 13.9 Å². The maximum absolute atomic E-state index is 13.0. The molecule has 0 radical (unpaired) electrons. The fourth-order valence-electron chi connectivity index (χ4n) is 2.58. The molecule has 0 fully saturated rings. The summed E-state index contributed by atoms with van der Waals surface area (Å²) in [5, 5.41) is 12.6. The van der Waals surface area contributed by atoms with E-state index in [2.05, 4.69) is 37.2 Å². The van der Waals surface area contributed by atoms with Crippen LogP contribution >= 0.6 is 43.5 Å². The maximum atomic E-state index is 13.0. The summed E-state index contributed by atoms with van der Waals surface area (Å²) < 4.78 is 20.1. The van der Waals surface area contributed by atoms with Crippen LogP contribution in [0.25, 0.3) is 6.08 Å². The fraction of sp³-hybridized carbons (Fsp3) is 0.0435. The van der Waals surface area contributed by atoms with Gasteiger partial charge in [-0.3, -0.25) is 4.79 Å². The topological polar surface area (TPSA) is 62.1 Å². The lowest BCUT2D eigenvalue weighted by atomic mass is 10.1. The van der Waals surface area contributed by atoms with Gasteiger partial charge in [-0.15, -0.1) is 0 Å². The minimum Gasteiger partial charge on any atom is -0.487 e. The minimum atomic E-state index is -0.534. The van der Waals surface area contributed by atoms with E-state index in [1.165, 1.54) is 18.2 Å². The molecule has 0 spiro atoms. The van der Waals surface area contributed by atoms with E-state index in [1.807, 2.05) is 6.07 Å². The van der Waals surface area contributed by atoms with Crippen molar-refractivity contribution in [2.24, 2.45) is 0 Å². The predicted octanol–water partition coefficient (Wildman–Crippen LogP) is 7.13. The molecule has 1 N–H and O–H groups in total. The third kappa shape index (κ3) is 6.41. The fourth-order valence-corrected chi connectivity index (χ4v) is 4.16. The van der Waals surface area contributed by atoms with E-state index in [0.717, 1.165) is 5.56 Å². The Bertz CT molecular complexity index is 1150. The first-order chi connectivity index (χ1) is 14.9. The zero-order chi connectivity index (χ0) is 22.4. The molecule has 1 amide bonds. The van der Waals surface area contributed by atoms with Gasteiger partial charge in [-0.2, -0.15) is 5.26 Å². The van der Waals surface area contributed by atoms with Crippen LogP contribution in [-0.2, 0) is 11.4 Å². The van der Waals surface area contributed by atoms with Crippen LogP contribution in [0.3, 0.4) is 0 Å². The second kappa shape index (κ2) is 10.6. The molecule has 0 aliphatic rings. The van der Waals surface area contributed by atoms with Gasteiger partial charge in [-0.1, -0.05) is 23.7 Å². The molecule has 3 rings (SSSR count). The standard InChI is InChI=1S/C23H14Br2ClFN2O2/c24-20-10-15(9-16(12-28)23(30)29-19-7-3-17(26)4-8-19)11-21(25)22(20)31-13-14-1-5-18(27)6-2-14/h1-11H,13H2,(H,29,30)/b16-9-. The molecule has 0 unspecified atom stereocenters. The van der Waals surface area contributed by atoms with Crippen LogP contribution in [0, 0.1) is 17.1 Å². The number of benzene rings is 3. The van der Waals surface area contributed by atoms with Crippen LogP contribution in [0.4, 0.5) is 10.1 Å². The summed E-state index contributed by atoms with van der Waals surface area (Å²) >= 11 is 12.7. The van der Waals surface area contributed by atoms with E-state index in [0.29, 0.717) is 31.0 Å². The van der Waals surface area contributed by atoms with Gasteiger partial charge in [0.05, 0.1) is 8.95 Å². The Hall–Kier alpha value is -2.66. The first kappa shape index (κ1) is 23.0. The highest BCUT2D eigenvalue weighted by atomic mass is 79.9. The first-order valence-corrected chi connectivity index (χ1v) is 10.9. The lowest BCUT2D eigenvalue weighted by Gasteiger charge is -2.12. The smallest absolute Gasteiger partial charge is 0.266 e. The normalized spacial score (nSPS) is 11.0. The van der Waals surface area contributed by atoms with Crippen LogP contribution in [0.2, 0.25) is 5.02 Å². The molecule has 0 aliphatic heterocycles. The van der Waals surface area contributed by atoms with Crippen LogP contribution in [0.1, 0.15) is 11.1 Å². The minimum absolute atomic E-state index is 0.0614. The Balaban J connectivity index is 1.76. The second-order valence-electron chi connectivity index (χ2n) is 6.36. The van der Waals surface area contributed by atoms with Crippen molar-refractivity contribution in [1.29, 1.82) is 5.26 Å². The van der Waals surface area contributed by atoms with E-state index in [9.17, 15) is 14.4 Å². The summed E-state index contributed by atoms with van der Waals surface area (Å²) in [6.07, 6.45) is 1.48. The number of carbonyl (C=O) groups excluding carboxylic acids is 1. The van der Waals surface area contributed by atoms with Crippen molar-refractivity contribution in [3.63, 3.8) is 0 Å². The molecule has 0 atom stereocenters. The Kier molecular flexibility index (Phi) is 7.85. The van der Waals surface area contributed by atoms with E-state index in [4.69, 9.17) is 16.3 Å². The number of hydrogen-bond donors (Lipinski definition) is 1. The average molecular weight is 565 g/mol. The van der Waals surface area contributed by atoms with Crippen LogP contribution < -0.4 is 10.1 Å². The van der Waals surface area contributed by atoms with Crippen molar-refractivity contribution in [2.75, 3.05) is 5.32 Å². The number of hydrogen-bond acceptors (Lipinski definition) is 3. The number of ether oxygens (including phenoxy) is 1. The molecule has 4 nitrogen and oxygen atoms in total. The number of halogens is 4. The van der Waals surface area contributed by atoms with Gasteiger partial charge in [0.2, 0.25) is 0 Å². The van der Waals surface area contributed by atoms with E-state index >= 15 is 0 Å². The summed E-state index contributed by atoms with van der Waals surface area (Å²) in [7, 11) is 0. The molecular formula is C23H14Br2ClFN2O2. The lowest BCUT2D eigenvalue weighted by molar-refractivity contribution is -0.112. The number of nitrogens with one attached hydrogen (secondary N) is 1. The monoisotopic (exact) mass is 562 g/mol. The Labute approximate surface area is 200 Å². The molecule has 0 bridgehead atoms. The molecule has 0 aromatic heterocycles. The first-order valence-electron chi connectivity index (χ1n) is 8.90. The van der Waals surface area contributed by atoms with E-state index < -0.39 is 5.91 Å². The number of anilines is 1. The van der Waals surface area contributed by atoms with Gasteiger partial charge in [0.15, 0.2) is 0 Å². The van der Waals surface area contributed by atoms with Crippen molar-refractivity contribution in [3.8, 4) is 11.8 Å². The second-order valence-corrected chi connectivity index (χ2v) is 8.50. The molecule has 3 aromatic rings. The molecular weight excluding hydrogens is 551 g/mol. The molecule has 156 valence electrons. The van der Waals surface area contributed by atoms with E-state index in [-0.39, 0.29) is 18.0 Å². The third-order valence-corrected chi connectivity index (χ3v) is 5.53. The summed E-state index contributed by atoms with van der Waals surface area (Å²) in [6.45, 7) is 0.250.